The molecule has 0 radical (unpaired) electrons. The van der Waals surface area contributed by atoms with Crippen molar-refractivity contribution in [1.82, 2.24) is 4.31 Å². The van der Waals surface area contributed by atoms with Gasteiger partial charge in [-0.25, -0.2) is 18.0 Å². The molecule has 0 N–H and O–H groups in total. The lowest BCUT2D eigenvalue weighted by molar-refractivity contribution is 0.0733. The van der Waals surface area contributed by atoms with E-state index in [0.29, 0.717) is 13.1 Å². The van der Waals surface area contributed by atoms with E-state index in [0.717, 1.165) is 25.3 Å². The number of sulfonamides is 1. The Morgan fingerprint density at radius 2 is 1.85 bits per heavy atom. The summed E-state index contributed by atoms with van der Waals surface area (Å²) in [6.45, 7) is 2.39. The summed E-state index contributed by atoms with van der Waals surface area (Å²) in [5, 5.41) is 0.0355. The van der Waals surface area contributed by atoms with Crippen LogP contribution in [-0.2, 0) is 10.0 Å². The average Bonchev–Trinajstić information content (AvgIpc) is 2.61. The van der Waals surface area contributed by atoms with Crippen molar-refractivity contribution < 1.29 is 22.4 Å². The summed E-state index contributed by atoms with van der Waals surface area (Å²) in [5.41, 5.74) is -0.636. The van der Waals surface area contributed by atoms with Gasteiger partial charge in [0.25, 0.3) is 0 Å². The molecule has 0 unspecified atom stereocenters. The Morgan fingerprint density at radius 1 is 1.15 bits per heavy atom. The van der Waals surface area contributed by atoms with Gasteiger partial charge in [0, 0.05) is 19.2 Å². The monoisotopic (exact) mass is 411 g/mol. The number of carbonyl (C=O) groups is 1. The quantitative estimate of drug-likeness (QED) is 0.718. The summed E-state index contributed by atoms with van der Waals surface area (Å²) in [7, 11) is -3.81. The van der Waals surface area contributed by atoms with Crippen molar-refractivity contribution in [3.63, 3.8) is 0 Å². The second-order valence-corrected chi connectivity index (χ2v) is 8.54. The van der Waals surface area contributed by atoms with E-state index in [-0.39, 0.29) is 27.0 Å². The smallest absolute Gasteiger partial charge is 0.343 e. The first-order chi connectivity index (χ1) is 12.8. The molecular formula is C18H18ClNO6S. The first-order valence-electron chi connectivity index (χ1n) is 8.41. The predicted molar refractivity (Wildman–Crippen MR) is 98.7 cm³/mol. The number of carbonyl (C=O) groups excluding carboxylic acids is 1. The fourth-order valence-electron chi connectivity index (χ4n) is 2.87. The zero-order valence-corrected chi connectivity index (χ0v) is 16.2. The minimum Gasteiger partial charge on any atom is -0.428 e. The minimum absolute atomic E-state index is 0.0147. The minimum atomic E-state index is -3.81. The van der Waals surface area contributed by atoms with Crippen molar-refractivity contribution >= 4 is 27.6 Å². The van der Waals surface area contributed by atoms with Crippen LogP contribution in [0.25, 0.3) is 0 Å². The Hall–Kier alpha value is -2.16. The lowest BCUT2D eigenvalue weighted by Crippen LogP contribution is -2.35. The number of rotatable bonds is 4. The van der Waals surface area contributed by atoms with E-state index in [1.807, 2.05) is 0 Å². The Morgan fingerprint density at radius 3 is 2.52 bits per heavy atom. The van der Waals surface area contributed by atoms with Crippen LogP contribution in [0.15, 0.2) is 44.4 Å². The van der Waals surface area contributed by atoms with E-state index in [1.165, 1.54) is 28.6 Å². The SMILES string of the molecule is Cc1cc(OC(=O)c2ccc(Cl)c(S(=O)(=O)N3CCCCC3)c2)cc(=O)o1. The molecule has 144 valence electrons. The summed E-state index contributed by atoms with van der Waals surface area (Å²) in [4.78, 5) is 23.6. The lowest BCUT2D eigenvalue weighted by Gasteiger charge is -2.26. The van der Waals surface area contributed by atoms with E-state index >= 15 is 0 Å². The topological polar surface area (TPSA) is 93.9 Å². The largest absolute Gasteiger partial charge is 0.428 e. The first kappa shape index (κ1) is 19.6. The van der Waals surface area contributed by atoms with Gasteiger partial charge in [-0.05, 0) is 38.0 Å². The number of benzene rings is 1. The Bertz CT molecular complexity index is 1020. The molecule has 9 heteroatoms. The molecule has 0 spiro atoms. The predicted octanol–water partition coefficient (Wildman–Crippen LogP) is 3.00. The van der Waals surface area contributed by atoms with Crippen LogP contribution in [-0.4, -0.2) is 31.8 Å². The third-order valence-electron chi connectivity index (χ3n) is 4.18. The molecule has 7 nitrogen and oxygen atoms in total. The van der Waals surface area contributed by atoms with Gasteiger partial charge in [0.15, 0.2) is 0 Å². The average molecular weight is 412 g/mol. The van der Waals surface area contributed by atoms with Gasteiger partial charge < -0.3 is 9.15 Å². The van der Waals surface area contributed by atoms with E-state index in [1.54, 1.807) is 6.92 Å². The molecule has 1 aliphatic heterocycles. The summed E-state index contributed by atoms with van der Waals surface area (Å²) < 4.78 is 37.1. The number of nitrogens with zero attached hydrogens (tertiary/aromatic N) is 1. The van der Waals surface area contributed by atoms with Crippen LogP contribution in [0.2, 0.25) is 5.02 Å². The van der Waals surface area contributed by atoms with Crippen LogP contribution in [0.5, 0.6) is 5.75 Å². The molecule has 0 saturated carbocycles. The van der Waals surface area contributed by atoms with Gasteiger partial charge >= 0.3 is 11.6 Å². The number of hydrogen-bond donors (Lipinski definition) is 0. The van der Waals surface area contributed by atoms with E-state index in [4.69, 9.17) is 20.8 Å². The molecule has 1 aromatic heterocycles. The number of aryl methyl sites for hydroxylation is 1. The van der Waals surface area contributed by atoms with Crippen molar-refractivity contribution in [2.45, 2.75) is 31.1 Å². The fraction of sp³-hybridized carbons (Fsp3) is 0.333. The number of halogens is 1. The van der Waals surface area contributed by atoms with Crippen molar-refractivity contribution in [3.05, 3.63) is 57.1 Å². The molecule has 1 fully saturated rings. The zero-order valence-electron chi connectivity index (χ0n) is 14.6. The van der Waals surface area contributed by atoms with Crippen molar-refractivity contribution in [2.75, 3.05) is 13.1 Å². The van der Waals surface area contributed by atoms with Crippen LogP contribution in [0.4, 0.5) is 0 Å². The maximum atomic E-state index is 12.9. The third-order valence-corrected chi connectivity index (χ3v) is 6.56. The van der Waals surface area contributed by atoms with Gasteiger partial charge in [0.05, 0.1) is 16.7 Å². The van der Waals surface area contributed by atoms with Crippen LogP contribution >= 0.6 is 11.6 Å². The molecule has 1 aromatic carbocycles. The van der Waals surface area contributed by atoms with Crippen LogP contribution < -0.4 is 10.4 Å². The normalized spacial score (nSPS) is 15.5. The second kappa shape index (κ2) is 7.84. The van der Waals surface area contributed by atoms with Crippen LogP contribution in [0, 0.1) is 6.92 Å². The summed E-state index contributed by atoms with van der Waals surface area (Å²) in [5.74, 6) is -0.495. The molecule has 1 saturated heterocycles. The standard InChI is InChI=1S/C18H18ClNO6S/c1-12-9-14(11-17(21)25-12)26-18(22)13-5-6-15(19)16(10-13)27(23,24)20-7-3-2-4-8-20/h5-6,9-11H,2-4,7-8H2,1H3. The van der Waals surface area contributed by atoms with Crippen molar-refractivity contribution in [3.8, 4) is 5.75 Å². The first-order valence-corrected chi connectivity index (χ1v) is 10.2. The number of piperidine rings is 1. The Kier molecular flexibility index (Phi) is 5.69. The summed E-state index contributed by atoms with van der Waals surface area (Å²) in [6.07, 6.45) is 2.56. The summed E-state index contributed by atoms with van der Waals surface area (Å²) >= 11 is 6.09. The third kappa shape index (κ3) is 4.40. The molecule has 2 heterocycles. The highest BCUT2D eigenvalue weighted by molar-refractivity contribution is 7.89. The van der Waals surface area contributed by atoms with E-state index in [9.17, 15) is 18.0 Å². The van der Waals surface area contributed by atoms with E-state index in [2.05, 4.69) is 0 Å². The number of hydrogen-bond acceptors (Lipinski definition) is 6. The summed E-state index contributed by atoms with van der Waals surface area (Å²) in [6, 6.07) is 6.34. The fourth-order valence-corrected chi connectivity index (χ4v) is 4.89. The number of esters is 1. The van der Waals surface area contributed by atoms with Crippen molar-refractivity contribution in [1.29, 1.82) is 0 Å². The molecule has 3 rings (SSSR count). The highest BCUT2D eigenvalue weighted by Gasteiger charge is 2.29. The maximum absolute atomic E-state index is 12.9. The van der Waals surface area contributed by atoms with Crippen LogP contribution in [0.1, 0.15) is 35.4 Å². The molecule has 0 aliphatic carbocycles. The van der Waals surface area contributed by atoms with E-state index < -0.39 is 21.6 Å². The maximum Gasteiger partial charge on any atom is 0.343 e. The molecule has 0 bridgehead atoms. The van der Waals surface area contributed by atoms with Gasteiger partial charge in [-0.2, -0.15) is 4.31 Å². The van der Waals surface area contributed by atoms with Crippen molar-refractivity contribution in [2.24, 2.45) is 0 Å². The molecule has 27 heavy (non-hydrogen) atoms. The highest BCUT2D eigenvalue weighted by atomic mass is 35.5. The molecular weight excluding hydrogens is 394 g/mol. The molecule has 2 aromatic rings. The lowest BCUT2D eigenvalue weighted by atomic mass is 10.2. The Balaban J connectivity index is 1.90. The molecule has 1 aliphatic rings. The number of ether oxygens (including phenoxy) is 1. The van der Waals surface area contributed by atoms with Gasteiger partial charge in [0.1, 0.15) is 16.4 Å². The van der Waals surface area contributed by atoms with Gasteiger partial charge in [-0.3, -0.25) is 0 Å². The Labute approximate surface area is 161 Å². The van der Waals surface area contributed by atoms with Gasteiger partial charge in [0.2, 0.25) is 10.0 Å². The zero-order chi connectivity index (χ0) is 19.6. The van der Waals surface area contributed by atoms with Gasteiger partial charge in [-0.1, -0.05) is 18.0 Å². The van der Waals surface area contributed by atoms with Gasteiger partial charge in [-0.15, -0.1) is 0 Å². The van der Waals surface area contributed by atoms with Crippen LogP contribution in [0.3, 0.4) is 0 Å². The second-order valence-electron chi connectivity index (χ2n) is 6.22. The molecule has 0 amide bonds. The molecule has 0 atom stereocenters. The highest BCUT2D eigenvalue weighted by Crippen LogP contribution is 2.28.